The number of nitrogens with zero attached hydrogens (tertiary/aromatic N) is 1. The Kier molecular flexibility index (Phi) is 3.78. The van der Waals surface area contributed by atoms with E-state index in [-0.39, 0.29) is 34.7 Å². The van der Waals surface area contributed by atoms with Crippen LogP contribution in [0.1, 0.15) is 29.6 Å². The quantitative estimate of drug-likeness (QED) is 0.877. The molecular formula is C15H16ClN3O3. The molecule has 1 atom stereocenters. The molecule has 1 aromatic rings. The predicted octanol–water partition coefficient (Wildman–Crippen LogP) is 1.39. The van der Waals surface area contributed by atoms with Crippen LogP contribution in [-0.2, 0) is 9.59 Å². The van der Waals surface area contributed by atoms with Gasteiger partial charge in [0.1, 0.15) is 0 Å². The normalized spacial score (nSPS) is 21.0. The molecule has 0 aromatic heterocycles. The van der Waals surface area contributed by atoms with Crippen molar-refractivity contribution >= 4 is 35.0 Å². The monoisotopic (exact) mass is 321 g/mol. The molecule has 3 N–H and O–H groups in total. The number of halogens is 1. The highest BCUT2D eigenvalue weighted by molar-refractivity contribution is 6.34. The summed E-state index contributed by atoms with van der Waals surface area (Å²) in [4.78, 5) is 37.0. The fraction of sp³-hybridized carbons (Fsp3) is 0.400. The molecule has 2 fully saturated rings. The lowest BCUT2D eigenvalue weighted by Crippen LogP contribution is -2.29. The van der Waals surface area contributed by atoms with E-state index in [0.717, 1.165) is 12.8 Å². The molecule has 7 heteroatoms. The van der Waals surface area contributed by atoms with Gasteiger partial charge in [-0.2, -0.15) is 0 Å². The highest BCUT2D eigenvalue weighted by Gasteiger charge is 2.41. The molecule has 1 heterocycles. The Balaban J connectivity index is 1.66. The second-order valence-electron chi connectivity index (χ2n) is 5.73. The molecule has 1 aromatic carbocycles. The maximum atomic E-state index is 12.3. The van der Waals surface area contributed by atoms with E-state index >= 15 is 0 Å². The zero-order valence-electron chi connectivity index (χ0n) is 11.8. The van der Waals surface area contributed by atoms with Crippen LogP contribution in [0.25, 0.3) is 0 Å². The van der Waals surface area contributed by atoms with Gasteiger partial charge in [0, 0.05) is 24.7 Å². The van der Waals surface area contributed by atoms with Crippen LogP contribution in [0.4, 0.5) is 5.69 Å². The standard InChI is InChI=1S/C15H16ClN3O3/c16-12-6-9(1-4-11(12)14(17)21)18-15(22)8-5-13(20)19(7-8)10-2-3-10/h1,4,6,8,10H,2-3,5,7H2,(H2,17,21)(H,18,22). The number of hydrogen-bond donors (Lipinski definition) is 2. The number of carbonyl (C=O) groups excluding carboxylic acids is 3. The number of nitrogens with two attached hydrogens (primary N) is 1. The Labute approximate surface area is 132 Å². The first-order valence-electron chi connectivity index (χ1n) is 7.15. The van der Waals surface area contributed by atoms with E-state index in [1.165, 1.54) is 12.1 Å². The molecule has 2 aliphatic rings. The highest BCUT2D eigenvalue weighted by Crippen LogP contribution is 2.33. The molecule has 1 saturated heterocycles. The van der Waals surface area contributed by atoms with Crippen molar-refractivity contribution < 1.29 is 14.4 Å². The number of anilines is 1. The summed E-state index contributed by atoms with van der Waals surface area (Å²) < 4.78 is 0. The Hall–Kier alpha value is -2.08. The maximum Gasteiger partial charge on any atom is 0.250 e. The van der Waals surface area contributed by atoms with Crippen molar-refractivity contribution in [2.45, 2.75) is 25.3 Å². The Morgan fingerprint density at radius 1 is 1.32 bits per heavy atom. The molecule has 3 rings (SSSR count). The lowest BCUT2D eigenvalue weighted by Gasteiger charge is -2.15. The van der Waals surface area contributed by atoms with Gasteiger partial charge >= 0.3 is 0 Å². The van der Waals surface area contributed by atoms with Gasteiger partial charge in [-0.15, -0.1) is 0 Å². The minimum absolute atomic E-state index is 0.0461. The summed E-state index contributed by atoms with van der Waals surface area (Å²) in [5.41, 5.74) is 5.86. The van der Waals surface area contributed by atoms with Gasteiger partial charge in [-0.3, -0.25) is 14.4 Å². The Morgan fingerprint density at radius 3 is 2.64 bits per heavy atom. The molecule has 6 nitrogen and oxygen atoms in total. The molecule has 1 aliphatic heterocycles. The SMILES string of the molecule is NC(=O)c1ccc(NC(=O)C2CC(=O)N(C3CC3)C2)cc1Cl. The zero-order chi connectivity index (χ0) is 15.9. The van der Waals surface area contributed by atoms with Crippen LogP contribution in [0.5, 0.6) is 0 Å². The lowest BCUT2D eigenvalue weighted by molar-refractivity contribution is -0.128. The van der Waals surface area contributed by atoms with Crippen LogP contribution in [0.15, 0.2) is 18.2 Å². The van der Waals surface area contributed by atoms with Gasteiger partial charge in [0.25, 0.3) is 0 Å². The van der Waals surface area contributed by atoms with E-state index in [1.54, 1.807) is 11.0 Å². The third-order valence-electron chi connectivity index (χ3n) is 4.02. The molecule has 0 bridgehead atoms. The Bertz CT molecular complexity index is 657. The smallest absolute Gasteiger partial charge is 0.250 e. The predicted molar refractivity (Wildman–Crippen MR) is 81.4 cm³/mol. The van der Waals surface area contributed by atoms with E-state index in [9.17, 15) is 14.4 Å². The first-order chi connectivity index (χ1) is 10.5. The number of hydrogen-bond acceptors (Lipinski definition) is 3. The summed E-state index contributed by atoms with van der Waals surface area (Å²) in [5.74, 6) is -1.13. The summed E-state index contributed by atoms with van der Waals surface area (Å²) in [6.45, 7) is 0.475. The summed E-state index contributed by atoms with van der Waals surface area (Å²) in [6.07, 6.45) is 2.31. The average Bonchev–Trinajstić information content (AvgIpc) is 3.21. The number of likely N-dealkylation sites (tertiary alicyclic amines) is 1. The summed E-state index contributed by atoms with van der Waals surface area (Å²) >= 11 is 5.95. The first-order valence-corrected chi connectivity index (χ1v) is 7.53. The van der Waals surface area contributed by atoms with Crippen LogP contribution in [0.3, 0.4) is 0 Å². The summed E-state index contributed by atoms with van der Waals surface area (Å²) in [6, 6.07) is 4.85. The molecule has 116 valence electrons. The molecule has 0 spiro atoms. The van der Waals surface area contributed by atoms with Gasteiger partial charge < -0.3 is 16.0 Å². The topological polar surface area (TPSA) is 92.5 Å². The highest BCUT2D eigenvalue weighted by atomic mass is 35.5. The van der Waals surface area contributed by atoms with Gasteiger partial charge in [0.15, 0.2) is 0 Å². The van der Waals surface area contributed by atoms with Crippen molar-refractivity contribution in [1.29, 1.82) is 0 Å². The van der Waals surface area contributed by atoms with E-state index < -0.39 is 5.91 Å². The fourth-order valence-electron chi connectivity index (χ4n) is 2.68. The van der Waals surface area contributed by atoms with E-state index in [1.807, 2.05) is 0 Å². The first kappa shape index (κ1) is 14.8. The summed E-state index contributed by atoms with van der Waals surface area (Å²) in [7, 11) is 0. The van der Waals surface area contributed by atoms with Gasteiger partial charge in [-0.05, 0) is 31.0 Å². The number of carbonyl (C=O) groups is 3. The number of primary amides is 1. The molecule has 1 saturated carbocycles. The van der Waals surface area contributed by atoms with E-state index in [2.05, 4.69) is 5.32 Å². The average molecular weight is 322 g/mol. The fourth-order valence-corrected chi connectivity index (χ4v) is 2.96. The van der Waals surface area contributed by atoms with Crippen molar-refractivity contribution in [3.8, 4) is 0 Å². The minimum atomic E-state index is -0.621. The van der Waals surface area contributed by atoms with Gasteiger partial charge in [-0.25, -0.2) is 0 Å². The van der Waals surface area contributed by atoms with Crippen LogP contribution in [0, 0.1) is 5.92 Å². The molecule has 22 heavy (non-hydrogen) atoms. The van der Waals surface area contributed by atoms with Crippen molar-refractivity contribution in [2.75, 3.05) is 11.9 Å². The number of nitrogens with one attached hydrogen (secondary N) is 1. The van der Waals surface area contributed by atoms with Gasteiger partial charge in [0.2, 0.25) is 17.7 Å². The van der Waals surface area contributed by atoms with Crippen molar-refractivity contribution in [1.82, 2.24) is 4.90 Å². The molecular weight excluding hydrogens is 306 g/mol. The van der Waals surface area contributed by atoms with Gasteiger partial charge in [0.05, 0.1) is 16.5 Å². The maximum absolute atomic E-state index is 12.3. The molecule has 1 unspecified atom stereocenters. The van der Waals surface area contributed by atoms with Crippen LogP contribution >= 0.6 is 11.6 Å². The van der Waals surface area contributed by atoms with E-state index in [4.69, 9.17) is 17.3 Å². The minimum Gasteiger partial charge on any atom is -0.366 e. The molecule has 3 amide bonds. The number of amides is 3. The van der Waals surface area contributed by atoms with Crippen molar-refractivity contribution in [2.24, 2.45) is 11.7 Å². The van der Waals surface area contributed by atoms with Crippen molar-refractivity contribution in [3.05, 3.63) is 28.8 Å². The summed E-state index contributed by atoms with van der Waals surface area (Å²) in [5, 5.41) is 2.92. The van der Waals surface area contributed by atoms with Crippen molar-refractivity contribution in [3.63, 3.8) is 0 Å². The molecule has 0 radical (unpaired) electrons. The van der Waals surface area contributed by atoms with Crippen LogP contribution in [0.2, 0.25) is 5.02 Å². The zero-order valence-corrected chi connectivity index (χ0v) is 12.6. The number of rotatable bonds is 4. The third-order valence-corrected chi connectivity index (χ3v) is 4.33. The number of benzene rings is 1. The second-order valence-corrected chi connectivity index (χ2v) is 6.13. The molecule has 1 aliphatic carbocycles. The van der Waals surface area contributed by atoms with Crippen LogP contribution in [-0.4, -0.2) is 35.2 Å². The Morgan fingerprint density at radius 2 is 2.05 bits per heavy atom. The third kappa shape index (κ3) is 2.92. The largest absolute Gasteiger partial charge is 0.366 e. The van der Waals surface area contributed by atoms with Crippen LogP contribution < -0.4 is 11.1 Å². The second kappa shape index (κ2) is 5.61. The lowest BCUT2D eigenvalue weighted by atomic mass is 10.1. The van der Waals surface area contributed by atoms with E-state index in [0.29, 0.717) is 18.3 Å². The van der Waals surface area contributed by atoms with Gasteiger partial charge in [-0.1, -0.05) is 11.6 Å².